The van der Waals surface area contributed by atoms with E-state index in [9.17, 15) is 0 Å². The summed E-state index contributed by atoms with van der Waals surface area (Å²) in [4.78, 5) is 3.97. The van der Waals surface area contributed by atoms with E-state index in [0.29, 0.717) is 12.4 Å². The lowest BCUT2D eigenvalue weighted by molar-refractivity contribution is 0.297. The molecule has 0 bridgehead atoms. The van der Waals surface area contributed by atoms with Gasteiger partial charge in [0.05, 0.1) is 0 Å². The number of nitrogens with two attached hydrogens (primary N) is 1. The summed E-state index contributed by atoms with van der Waals surface area (Å²) in [5, 5.41) is 3.54. The van der Waals surface area contributed by atoms with Gasteiger partial charge in [-0.1, -0.05) is 19.0 Å². The minimum absolute atomic E-state index is 0.0920. The van der Waals surface area contributed by atoms with Crippen LogP contribution in [-0.2, 0) is 5.41 Å². The van der Waals surface area contributed by atoms with Gasteiger partial charge in [-0.25, -0.2) is 0 Å². The van der Waals surface area contributed by atoms with Gasteiger partial charge in [-0.2, -0.15) is 4.98 Å². The molecular weight excluding hydrogens is 142 g/mol. The van der Waals surface area contributed by atoms with Gasteiger partial charge in [-0.3, -0.25) is 0 Å². The summed E-state index contributed by atoms with van der Waals surface area (Å²) in [5.74, 6) is 0.656. The third-order valence-corrected chi connectivity index (χ3v) is 1.71. The quantitative estimate of drug-likeness (QED) is 0.697. The minimum atomic E-state index is -0.0920. The van der Waals surface area contributed by atoms with Crippen LogP contribution < -0.4 is 5.73 Å². The standard InChI is InChI=1S/C7H13N3O/c1-7(2,3-4-8)6-9-5-10-11-6/h5H,3-4,8H2,1-2H3. The van der Waals surface area contributed by atoms with Gasteiger partial charge in [-0.15, -0.1) is 0 Å². The van der Waals surface area contributed by atoms with E-state index in [1.54, 1.807) is 0 Å². The zero-order valence-corrected chi connectivity index (χ0v) is 6.87. The molecule has 0 saturated heterocycles. The van der Waals surface area contributed by atoms with Crippen LogP contribution in [0.15, 0.2) is 10.9 Å². The van der Waals surface area contributed by atoms with Crippen LogP contribution in [0.2, 0.25) is 0 Å². The van der Waals surface area contributed by atoms with Crippen molar-refractivity contribution in [2.75, 3.05) is 6.54 Å². The number of aromatic nitrogens is 2. The van der Waals surface area contributed by atoms with Crippen LogP contribution in [0.25, 0.3) is 0 Å². The number of hydrogen-bond donors (Lipinski definition) is 1. The van der Waals surface area contributed by atoms with E-state index < -0.39 is 0 Å². The zero-order valence-electron chi connectivity index (χ0n) is 6.87. The molecule has 0 amide bonds. The maximum atomic E-state index is 5.43. The van der Waals surface area contributed by atoms with Gasteiger partial charge < -0.3 is 10.3 Å². The Kier molecular flexibility index (Phi) is 2.24. The van der Waals surface area contributed by atoms with Crippen molar-refractivity contribution in [3.05, 3.63) is 12.2 Å². The molecule has 1 heterocycles. The molecule has 1 aromatic heterocycles. The summed E-state index contributed by atoms with van der Waals surface area (Å²) in [6, 6.07) is 0. The largest absolute Gasteiger partial charge is 0.339 e. The highest BCUT2D eigenvalue weighted by atomic mass is 16.5. The van der Waals surface area contributed by atoms with Gasteiger partial charge >= 0.3 is 0 Å². The molecule has 0 aromatic carbocycles. The predicted molar refractivity (Wildman–Crippen MR) is 41.0 cm³/mol. The molecule has 4 nitrogen and oxygen atoms in total. The maximum Gasteiger partial charge on any atom is 0.232 e. The Hall–Kier alpha value is -0.900. The summed E-state index contributed by atoms with van der Waals surface area (Å²) in [6.45, 7) is 4.70. The summed E-state index contributed by atoms with van der Waals surface area (Å²) < 4.78 is 4.93. The zero-order chi connectivity index (χ0) is 8.32. The summed E-state index contributed by atoms with van der Waals surface area (Å²) in [5.41, 5.74) is 5.34. The van der Waals surface area contributed by atoms with E-state index in [0.717, 1.165) is 6.42 Å². The third kappa shape index (κ3) is 1.77. The molecule has 0 radical (unpaired) electrons. The van der Waals surface area contributed by atoms with Crippen molar-refractivity contribution < 1.29 is 4.52 Å². The van der Waals surface area contributed by atoms with Crippen LogP contribution in [0.4, 0.5) is 0 Å². The van der Waals surface area contributed by atoms with Gasteiger partial charge in [0.15, 0.2) is 6.33 Å². The summed E-state index contributed by atoms with van der Waals surface area (Å²) in [6.07, 6.45) is 2.27. The van der Waals surface area contributed by atoms with E-state index in [1.165, 1.54) is 6.33 Å². The van der Waals surface area contributed by atoms with E-state index in [-0.39, 0.29) is 5.41 Å². The molecule has 4 heteroatoms. The second-order valence-electron chi connectivity index (χ2n) is 3.17. The lowest BCUT2D eigenvalue weighted by Crippen LogP contribution is -2.21. The van der Waals surface area contributed by atoms with E-state index in [2.05, 4.69) is 10.1 Å². The second-order valence-corrected chi connectivity index (χ2v) is 3.17. The average Bonchev–Trinajstić information content (AvgIpc) is 2.37. The molecule has 62 valence electrons. The fourth-order valence-electron chi connectivity index (χ4n) is 0.939. The predicted octanol–water partition coefficient (Wildman–Crippen LogP) is 0.696. The normalized spacial score (nSPS) is 11.9. The Bertz CT molecular complexity index is 205. The number of rotatable bonds is 3. The summed E-state index contributed by atoms with van der Waals surface area (Å²) >= 11 is 0. The van der Waals surface area contributed by atoms with E-state index in [1.807, 2.05) is 13.8 Å². The molecule has 0 atom stereocenters. The van der Waals surface area contributed by atoms with Crippen molar-refractivity contribution in [1.29, 1.82) is 0 Å². The molecule has 0 unspecified atom stereocenters. The molecule has 1 rings (SSSR count). The molecule has 2 N–H and O–H groups in total. The van der Waals surface area contributed by atoms with Gasteiger partial charge in [0.1, 0.15) is 0 Å². The molecular formula is C7H13N3O. The van der Waals surface area contributed by atoms with Crippen molar-refractivity contribution >= 4 is 0 Å². The average molecular weight is 155 g/mol. The molecule has 0 saturated carbocycles. The van der Waals surface area contributed by atoms with E-state index in [4.69, 9.17) is 10.3 Å². The van der Waals surface area contributed by atoms with Gasteiger partial charge in [-0.05, 0) is 13.0 Å². The first-order valence-corrected chi connectivity index (χ1v) is 3.64. The molecule has 0 spiro atoms. The monoisotopic (exact) mass is 155 g/mol. The third-order valence-electron chi connectivity index (χ3n) is 1.71. The highest BCUT2D eigenvalue weighted by Crippen LogP contribution is 2.23. The van der Waals surface area contributed by atoms with Crippen molar-refractivity contribution in [3.8, 4) is 0 Å². The first-order valence-electron chi connectivity index (χ1n) is 3.64. The van der Waals surface area contributed by atoms with Crippen molar-refractivity contribution in [3.63, 3.8) is 0 Å². The van der Waals surface area contributed by atoms with Crippen LogP contribution >= 0.6 is 0 Å². The smallest absolute Gasteiger partial charge is 0.232 e. The highest BCUT2D eigenvalue weighted by Gasteiger charge is 2.24. The topological polar surface area (TPSA) is 64.9 Å². The Labute approximate surface area is 65.8 Å². The number of nitrogens with zero attached hydrogens (tertiary/aromatic N) is 2. The lowest BCUT2D eigenvalue weighted by atomic mass is 9.89. The van der Waals surface area contributed by atoms with Crippen LogP contribution in [-0.4, -0.2) is 16.7 Å². The van der Waals surface area contributed by atoms with Crippen LogP contribution in [0.3, 0.4) is 0 Å². The molecule has 1 aromatic rings. The van der Waals surface area contributed by atoms with Crippen molar-refractivity contribution in [1.82, 2.24) is 10.1 Å². The molecule has 0 fully saturated rings. The molecule has 0 aliphatic carbocycles. The molecule has 11 heavy (non-hydrogen) atoms. The van der Waals surface area contributed by atoms with E-state index >= 15 is 0 Å². The van der Waals surface area contributed by atoms with Crippen LogP contribution in [0.5, 0.6) is 0 Å². The summed E-state index contributed by atoms with van der Waals surface area (Å²) in [7, 11) is 0. The Morgan fingerprint density at radius 2 is 2.36 bits per heavy atom. The SMILES string of the molecule is CC(C)(CCN)c1ncno1. The fraction of sp³-hybridized carbons (Fsp3) is 0.714. The highest BCUT2D eigenvalue weighted by molar-refractivity contribution is 4.97. The Balaban J connectivity index is 2.73. The van der Waals surface area contributed by atoms with Crippen molar-refractivity contribution in [2.45, 2.75) is 25.7 Å². The van der Waals surface area contributed by atoms with Gasteiger partial charge in [0.25, 0.3) is 0 Å². The van der Waals surface area contributed by atoms with Crippen molar-refractivity contribution in [2.24, 2.45) is 5.73 Å². The van der Waals surface area contributed by atoms with Gasteiger partial charge in [0, 0.05) is 5.41 Å². The molecule has 0 aliphatic heterocycles. The fourth-order valence-corrected chi connectivity index (χ4v) is 0.939. The second kappa shape index (κ2) is 3.00. The Morgan fingerprint density at radius 1 is 1.64 bits per heavy atom. The Morgan fingerprint density at radius 3 is 2.82 bits per heavy atom. The van der Waals surface area contributed by atoms with Crippen LogP contribution in [0, 0.1) is 0 Å². The van der Waals surface area contributed by atoms with Gasteiger partial charge in [0.2, 0.25) is 5.89 Å². The first kappa shape index (κ1) is 8.20. The first-order chi connectivity index (χ1) is 5.17. The minimum Gasteiger partial charge on any atom is -0.339 e. The lowest BCUT2D eigenvalue weighted by Gasteiger charge is -2.17. The van der Waals surface area contributed by atoms with Crippen LogP contribution in [0.1, 0.15) is 26.2 Å². The molecule has 0 aliphatic rings. The number of hydrogen-bond acceptors (Lipinski definition) is 4. The maximum absolute atomic E-state index is 5.43.